The predicted molar refractivity (Wildman–Crippen MR) is 152 cm³/mol. The molecule has 2 heterocycles. The smallest absolute Gasteiger partial charge is 0.337 e. The van der Waals surface area contributed by atoms with Crippen molar-refractivity contribution in [2.24, 2.45) is 0 Å². The summed E-state index contributed by atoms with van der Waals surface area (Å²) in [5.74, 6) is -2.38. The van der Waals surface area contributed by atoms with Gasteiger partial charge in [0.2, 0.25) is 0 Å². The van der Waals surface area contributed by atoms with E-state index in [0.717, 1.165) is 5.69 Å². The summed E-state index contributed by atoms with van der Waals surface area (Å²) in [6.07, 6.45) is 1.80. The molecule has 0 saturated carbocycles. The van der Waals surface area contributed by atoms with E-state index in [0.29, 0.717) is 28.2 Å². The van der Waals surface area contributed by atoms with Crippen molar-refractivity contribution in [3.05, 3.63) is 94.7 Å². The van der Waals surface area contributed by atoms with E-state index in [1.54, 1.807) is 78.4 Å². The number of carbonyl (C=O) groups excluding carboxylic acids is 2. The van der Waals surface area contributed by atoms with Gasteiger partial charge in [-0.25, -0.2) is 18.7 Å². The first kappa shape index (κ1) is 28.8. The number of allylic oxidation sites excluding steroid dienone is 2. The Morgan fingerprint density at radius 2 is 1.32 bits per heavy atom. The van der Waals surface area contributed by atoms with Crippen LogP contribution in [0.4, 0.5) is 4.39 Å². The molecule has 3 aromatic rings. The molecule has 4 rings (SSSR count). The Morgan fingerprint density at radius 1 is 0.825 bits per heavy atom. The van der Waals surface area contributed by atoms with Crippen LogP contribution in [0.15, 0.2) is 83.3 Å². The molecule has 1 N–H and O–H groups in total. The average Bonchev–Trinajstić information content (AvgIpc) is 3.27. The van der Waals surface area contributed by atoms with Gasteiger partial charge in [-0.15, -0.1) is 0 Å². The molecule has 8 heteroatoms. The van der Waals surface area contributed by atoms with Crippen LogP contribution in [0.1, 0.15) is 66.9 Å². The number of hydrogen-bond donors (Lipinski definition) is 1. The lowest BCUT2D eigenvalue weighted by atomic mass is 9.79. The van der Waals surface area contributed by atoms with Gasteiger partial charge < -0.3 is 14.8 Å². The zero-order valence-corrected chi connectivity index (χ0v) is 24.3. The lowest BCUT2D eigenvalue weighted by Gasteiger charge is -2.33. The average molecular weight is 546 g/mol. The number of carbonyl (C=O) groups is 2. The minimum atomic E-state index is -0.872. The van der Waals surface area contributed by atoms with Crippen molar-refractivity contribution in [3.8, 4) is 16.9 Å². The highest BCUT2D eigenvalue weighted by Gasteiger charge is 2.42. The third kappa shape index (κ3) is 6.33. The molecule has 210 valence electrons. The quantitative estimate of drug-likeness (QED) is 0.364. The highest BCUT2D eigenvalue weighted by atomic mass is 19.1. The van der Waals surface area contributed by atoms with Crippen LogP contribution >= 0.6 is 0 Å². The number of nitrogens with zero attached hydrogens (tertiary/aromatic N) is 2. The molecule has 2 aromatic carbocycles. The Hall–Kier alpha value is -4.20. The largest absolute Gasteiger partial charge is 0.457 e. The fraction of sp³-hybridized carbons (Fsp3) is 0.344. The summed E-state index contributed by atoms with van der Waals surface area (Å²) in [4.78, 5) is 27.5. The summed E-state index contributed by atoms with van der Waals surface area (Å²) < 4.78 is 27.3. The summed E-state index contributed by atoms with van der Waals surface area (Å²) in [5.41, 5.74) is 2.61. The molecule has 40 heavy (non-hydrogen) atoms. The first-order valence-electron chi connectivity index (χ1n) is 13.2. The van der Waals surface area contributed by atoms with Crippen LogP contribution in [0.3, 0.4) is 0 Å². The molecule has 1 aromatic heterocycles. The maximum absolute atomic E-state index is 13.9. The van der Waals surface area contributed by atoms with E-state index >= 15 is 0 Å². The number of aromatic nitrogens is 2. The molecule has 0 radical (unpaired) electrons. The maximum atomic E-state index is 13.9. The van der Waals surface area contributed by atoms with Crippen LogP contribution in [0.5, 0.6) is 0 Å². The molecular formula is C32H36FN3O4. The number of esters is 2. The summed E-state index contributed by atoms with van der Waals surface area (Å²) in [6.45, 7) is 14.3. The summed E-state index contributed by atoms with van der Waals surface area (Å²) >= 11 is 0. The number of hydrogen-bond acceptors (Lipinski definition) is 6. The molecule has 0 amide bonds. The Kier molecular flexibility index (Phi) is 7.74. The molecule has 0 saturated heterocycles. The van der Waals surface area contributed by atoms with Gasteiger partial charge in [0.25, 0.3) is 0 Å². The van der Waals surface area contributed by atoms with E-state index in [9.17, 15) is 14.0 Å². The van der Waals surface area contributed by atoms with Crippen LogP contribution in [0.2, 0.25) is 0 Å². The summed E-state index contributed by atoms with van der Waals surface area (Å²) in [7, 11) is 0. The van der Waals surface area contributed by atoms with Crippen LogP contribution in [0.25, 0.3) is 16.9 Å². The normalized spacial score (nSPS) is 14.7. The Bertz CT molecular complexity index is 1440. The van der Waals surface area contributed by atoms with Gasteiger partial charge in [-0.05, 0) is 91.8 Å². The zero-order chi connectivity index (χ0) is 29.4. The second kappa shape index (κ2) is 10.8. The topological polar surface area (TPSA) is 82.5 Å². The highest BCUT2D eigenvalue weighted by molar-refractivity contribution is 6.00. The van der Waals surface area contributed by atoms with Gasteiger partial charge in [-0.1, -0.05) is 18.2 Å². The Labute approximate surface area is 234 Å². The van der Waals surface area contributed by atoms with E-state index in [1.165, 1.54) is 12.1 Å². The van der Waals surface area contributed by atoms with E-state index in [2.05, 4.69) is 5.32 Å². The first-order valence-corrected chi connectivity index (χ1v) is 13.2. The minimum Gasteiger partial charge on any atom is -0.457 e. The second-order valence-electron chi connectivity index (χ2n) is 11.9. The predicted octanol–water partition coefficient (Wildman–Crippen LogP) is 6.60. The monoisotopic (exact) mass is 545 g/mol. The van der Waals surface area contributed by atoms with Gasteiger partial charge in [0.05, 0.1) is 28.4 Å². The van der Waals surface area contributed by atoms with Crippen LogP contribution < -0.4 is 5.32 Å². The molecule has 1 aliphatic heterocycles. The molecule has 0 fully saturated rings. The zero-order valence-electron chi connectivity index (χ0n) is 24.3. The van der Waals surface area contributed by atoms with Gasteiger partial charge in [0, 0.05) is 28.7 Å². The van der Waals surface area contributed by atoms with Gasteiger partial charge in [0.15, 0.2) is 0 Å². The van der Waals surface area contributed by atoms with Gasteiger partial charge >= 0.3 is 11.9 Å². The van der Waals surface area contributed by atoms with Crippen molar-refractivity contribution >= 4 is 11.9 Å². The molecule has 1 aliphatic rings. The molecule has 0 aliphatic carbocycles. The minimum absolute atomic E-state index is 0.275. The fourth-order valence-electron chi connectivity index (χ4n) is 4.66. The molecule has 7 nitrogen and oxygen atoms in total. The van der Waals surface area contributed by atoms with Crippen molar-refractivity contribution in [2.45, 2.75) is 72.5 Å². The van der Waals surface area contributed by atoms with Gasteiger partial charge in [-0.2, -0.15) is 5.10 Å². The Balaban J connectivity index is 2.01. The molecular weight excluding hydrogens is 509 g/mol. The lowest BCUT2D eigenvalue weighted by molar-refractivity contribution is -0.150. The van der Waals surface area contributed by atoms with E-state index in [-0.39, 0.29) is 17.0 Å². The van der Waals surface area contributed by atoms with Gasteiger partial charge in [0.1, 0.15) is 17.0 Å². The van der Waals surface area contributed by atoms with Crippen molar-refractivity contribution in [1.29, 1.82) is 0 Å². The standard InChI is InChI=1S/C32H36FN3O4/c1-19-25(29(37)39-31(3,4)5)27(26(20(2)34-19)30(38)40-32(6,7)8)24-18-36(23-12-10-9-11-13-23)35-28(24)21-14-16-22(33)17-15-21/h9-18,27,34H,1-8H3. The van der Waals surface area contributed by atoms with Gasteiger partial charge in [-0.3, -0.25) is 0 Å². The molecule has 0 atom stereocenters. The van der Waals surface area contributed by atoms with Crippen LogP contribution in [0, 0.1) is 5.82 Å². The number of para-hydroxylation sites is 1. The number of dihydropyridines is 1. The summed E-state index contributed by atoms with van der Waals surface area (Å²) in [6, 6.07) is 15.5. The van der Waals surface area contributed by atoms with E-state index < -0.39 is 29.1 Å². The van der Waals surface area contributed by atoms with Crippen LogP contribution in [-0.4, -0.2) is 32.9 Å². The number of rotatable bonds is 5. The molecule has 0 spiro atoms. The summed E-state index contributed by atoms with van der Waals surface area (Å²) in [5, 5.41) is 8.07. The number of benzene rings is 2. The number of ether oxygens (including phenoxy) is 2. The SMILES string of the molecule is CC1=C(C(=O)OC(C)(C)C)C(c2cn(-c3ccccc3)nc2-c2ccc(F)cc2)C(C(=O)OC(C)(C)C)=C(C)N1. The van der Waals surface area contributed by atoms with Crippen molar-refractivity contribution in [2.75, 3.05) is 0 Å². The second-order valence-corrected chi connectivity index (χ2v) is 11.9. The fourth-order valence-corrected chi connectivity index (χ4v) is 4.66. The van der Waals surface area contributed by atoms with Crippen molar-refractivity contribution in [3.63, 3.8) is 0 Å². The van der Waals surface area contributed by atoms with Crippen molar-refractivity contribution < 1.29 is 23.5 Å². The molecule has 0 unspecified atom stereocenters. The highest BCUT2D eigenvalue weighted by Crippen LogP contribution is 2.44. The lowest BCUT2D eigenvalue weighted by Crippen LogP contribution is -2.36. The van der Waals surface area contributed by atoms with Crippen molar-refractivity contribution in [1.82, 2.24) is 15.1 Å². The number of halogens is 1. The third-order valence-electron chi connectivity index (χ3n) is 6.19. The third-order valence-corrected chi connectivity index (χ3v) is 6.19. The Morgan fingerprint density at radius 3 is 1.80 bits per heavy atom. The number of nitrogens with one attached hydrogen (secondary N) is 1. The molecule has 0 bridgehead atoms. The van der Waals surface area contributed by atoms with Crippen LogP contribution in [-0.2, 0) is 19.1 Å². The first-order chi connectivity index (χ1) is 18.6. The maximum Gasteiger partial charge on any atom is 0.337 e. The van der Waals surface area contributed by atoms with E-state index in [1.807, 2.05) is 30.3 Å². The van der Waals surface area contributed by atoms with E-state index in [4.69, 9.17) is 14.6 Å².